The number of anilines is 1. The van der Waals surface area contributed by atoms with Gasteiger partial charge in [0.2, 0.25) is 5.95 Å². The van der Waals surface area contributed by atoms with Crippen molar-refractivity contribution in [2.45, 2.75) is 25.9 Å². The van der Waals surface area contributed by atoms with Crippen molar-refractivity contribution in [3.05, 3.63) is 64.6 Å². The maximum absolute atomic E-state index is 13.5. The van der Waals surface area contributed by atoms with E-state index in [4.69, 9.17) is 16.3 Å². The topological polar surface area (TPSA) is 94.0 Å². The number of nitrogens with zero attached hydrogens (tertiary/aromatic N) is 4. The number of halogens is 2. The highest BCUT2D eigenvalue weighted by Crippen LogP contribution is 2.17. The van der Waals surface area contributed by atoms with E-state index in [2.05, 4.69) is 25.6 Å². The Morgan fingerprint density at radius 2 is 2.23 bits per heavy atom. The van der Waals surface area contributed by atoms with E-state index in [1.54, 1.807) is 23.0 Å². The van der Waals surface area contributed by atoms with Crippen molar-refractivity contribution < 1.29 is 13.9 Å². The number of carbonyl (C=O) groups is 1. The molecular weight excluding hydrogens is 443 g/mol. The highest BCUT2D eigenvalue weighted by Gasteiger charge is 2.18. The first-order valence-electron chi connectivity index (χ1n) is 9.44. The molecule has 11 heteroatoms. The molecule has 8 nitrogen and oxygen atoms in total. The Kier molecular flexibility index (Phi) is 7.47. The molecule has 164 valence electrons. The predicted octanol–water partition coefficient (Wildman–Crippen LogP) is 3.01. The van der Waals surface area contributed by atoms with Gasteiger partial charge in [-0.2, -0.15) is 18.5 Å². The first-order valence-corrected chi connectivity index (χ1v) is 9.82. The number of hydrogen-bond acceptors (Lipinski definition) is 6. The van der Waals surface area contributed by atoms with E-state index in [0.29, 0.717) is 23.9 Å². The Bertz CT molecular complexity index is 1070. The standard InChI is InChI=1S/C20H20ClFN6O2.H2S/c1-12-7-24-20(26-14-4-5-30-10-14)27-18(12)28-9-17(25-11-28)19(29)23-8-13-2-3-15(21)16(22)6-13;/h2-3,6-7,9,11,14H,4-5,8,10H2,1H3,(H,23,29)(H,24,26,27);1H2. The van der Waals surface area contributed by atoms with Crippen molar-refractivity contribution >= 4 is 37.0 Å². The Morgan fingerprint density at radius 1 is 1.39 bits per heavy atom. The molecule has 1 saturated heterocycles. The van der Waals surface area contributed by atoms with Crippen LogP contribution in [0.2, 0.25) is 5.02 Å². The van der Waals surface area contributed by atoms with Crippen LogP contribution >= 0.6 is 25.1 Å². The van der Waals surface area contributed by atoms with Gasteiger partial charge in [-0.15, -0.1) is 0 Å². The highest BCUT2D eigenvalue weighted by molar-refractivity contribution is 7.59. The number of aromatic nitrogens is 4. The van der Waals surface area contributed by atoms with Gasteiger partial charge in [0.1, 0.15) is 23.7 Å². The van der Waals surface area contributed by atoms with Crippen LogP contribution in [0.5, 0.6) is 0 Å². The number of imidazole rings is 1. The lowest BCUT2D eigenvalue weighted by Gasteiger charge is -2.12. The molecule has 0 aliphatic carbocycles. The van der Waals surface area contributed by atoms with E-state index in [1.165, 1.54) is 18.5 Å². The number of carbonyl (C=O) groups excluding carboxylic acids is 1. The summed E-state index contributed by atoms with van der Waals surface area (Å²) in [5.74, 6) is 0.214. The normalized spacial score (nSPS) is 15.4. The number of benzene rings is 1. The van der Waals surface area contributed by atoms with Gasteiger partial charge >= 0.3 is 0 Å². The van der Waals surface area contributed by atoms with Gasteiger partial charge in [0, 0.05) is 31.1 Å². The molecule has 2 aromatic heterocycles. The SMILES string of the molecule is Cc1cnc(NC2CCOC2)nc1-n1cnc(C(=O)NCc2ccc(Cl)c(F)c2)c1.S. The van der Waals surface area contributed by atoms with Gasteiger partial charge < -0.3 is 15.4 Å². The van der Waals surface area contributed by atoms with Crippen LogP contribution in [0.4, 0.5) is 10.3 Å². The molecule has 1 aromatic carbocycles. The van der Waals surface area contributed by atoms with E-state index in [1.807, 2.05) is 6.92 Å². The molecule has 1 aliphatic rings. The number of nitrogens with one attached hydrogen (secondary N) is 2. The fourth-order valence-electron chi connectivity index (χ4n) is 3.07. The van der Waals surface area contributed by atoms with E-state index in [0.717, 1.165) is 18.6 Å². The summed E-state index contributed by atoms with van der Waals surface area (Å²) in [6, 6.07) is 4.57. The van der Waals surface area contributed by atoms with Gasteiger partial charge in [0.25, 0.3) is 5.91 Å². The molecule has 0 radical (unpaired) electrons. The summed E-state index contributed by atoms with van der Waals surface area (Å²) in [4.78, 5) is 25.5. The second-order valence-corrected chi connectivity index (χ2v) is 7.41. The summed E-state index contributed by atoms with van der Waals surface area (Å²) in [5, 5.41) is 6.01. The molecule has 3 aromatic rings. The fraction of sp³-hybridized carbons (Fsp3) is 0.300. The number of aryl methyl sites for hydroxylation is 1. The Hall–Kier alpha value is -2.69. The van der Waals surface area contributed by atoms with Crippen LogP contribution in [0.3, 0.4) is 0 Å². The van der Waals surface area contributed by atoms with Crippen molar-refractivity contribution in [2.75, 3.05) is 18.5 Å². The molecule has 1 atom stereocenters. The van der Waals surface area contributed by atoms with Gasteiger partial charge in [-0.3, -0.25) is 9.36 Å². The number of hydrogen-bond donors (Lipinski definition) is 2. The third-order valence-corrected chi connectivity index (χ3v) is 5.01. The summed E-state index contributed by atoms with van der Waals surface area (Å²) in [6.07, 6.45) is 5.74. The monoisotopic (exact) mass is 464 g/mol. The van der Waals surface area contributed by atoms with Gasteiger partial charge in [-0.05, 0) is 31.0 Å². The molecule has 1 unspecified atom stereocenters. The molecule has 31 heavy (non-hydrogen) atoms. The Morgan fingerprint density at radius 3 is 2.97 bits per heavy atom. The van der Waals surface area contributed by atoms with Crippen LogP contribution in [-0.2, 0) is 11.3 Å². The van der Waals surface area contributed by atoms with Crippen LogP contribution in [0.25, 0.3) is 5.82 Å². The van der Waals surface area contributed by atoms with E-state index < -0.39 is 5.82 Å². The summed E-state index contributed by atoms with van der Waals surface area (Å²) < 4.78 is 20.6. The molecule has 1 aliphatic heterocycles. The zero-order chi connectivity index (χ0) is 21.1. The molecule has 0 spiro atoms. The minimum Gasteiger partial charge on any atom is -0.379 e. The van der Waals surface area contributed by atoms with Gasteiger partial charge in [-0.25, -0.2) is 14.4 Å². The highest BCUT2D eigenvalue weighted by atomic mass is 35.5. The first kappa shape index (κ1) is 23.0. The molecule has 0 saturated carbocycles. The van der Waals surface area contributed by atoms with Crippen molar-refractivity contribution in [3.8, 4) is 5.82 Å². The molecular formula is C20H22ClFN6O2S. The Balaban J connectivity index is 0.00000272. The van der Waals surface area contributed by atoms with E-state index >= 15 is 0 Å². The van der Waals surface area contributed by atoms with Crippen molar-refractivity contribution in [2.24, 2.45) is 0 Å². The van der Waals surface area contributed by atoms with Gasteiger partial charge in [0.05, 0.1) is 17.7 Å². The molecule has 1 amide bonds. The van der Waals surface area contributed by atoms with Crippen molar-refractivity contribution in [1.29, 1.82) is 0 Å². The zero-order valence-corrected chi connectivity index (χ0v) is 18.5. The van der Waals surface area contributed by atoms with Crippen LogP contribution in [0.15, 0.2) is 36.9 Å². The lowest BCUT2D eigenvalue weighted by molar-refractivity contribution is 0.0946. The first-order chi connectivity index (χ1) is 14.5. The Labute approximate surface area is 190 Å². The molecule has 0 bridgehead atoms. The maximum Gasteiger partial charge on any atom is 0.271 e. The van der Waals surface area contributed by atoms with E-state index in [-0.39, 0.29) is 42.7 Å². The van der Waals surface area contributed by atoms with Crippen LogP contribution in [-0.4, -0.2) is 44.7 Å². The van der Waals surface area contributed by atoms with E-state index in [9.17, 15) is 9.18 Å². The summed E-state index contributed by atoms with van der Waals surface area (Å²) in [5.41, 5.74) is 1.66. The smallest absolute Gasteiger partial charge is 0.271 e. The third-order valence-electron chi connectivity index (χ3n) is 4.70. The molecule has 2 N–H and O–H groups in total. The number of rotatable bonds is 6. The van der Waals surface area contributed by atoms with Crippen LogP contribution in [0, 0.1) is 12.7 Å². The summed E-state index contributed by atoms with van der Waals surface area (Å²) in [6.45, 7) is 3.38. The second-order valence-electron chi connectivity index (χ2n) is 7.00. The van der Waals surface area contributed by atoms with Crippen LogP contribution in [0.1, 0.15) is 28.0 Å². The molecule has 3 heterocycles. The third kappa shape index (κ3) is 5.52. The molecule has 4 rings (SSSR count). The quantitative estimate of drug-likeness (QED) is 0.582. The second kappa shape index (κ2) is 10.1. The average molecular weight is 465 g/mol. The van der Waals surface area contributed by atoms with Gasteiger partial charge in [-0.1, -0.05) is 17.7 Å². The number of amides is 1. The van der Waals surface area contributed by atoms with Crippen LogP contribution < -0.4 is 10.6 Å². The summed E-state index contributed by atoms with van der Waals surface area (Å²) >= 11 is 5.68. The lowest BCUT2D eigenvalue weighted by Crippen LogP contribution is -2.23. The average Bonchev–Trinajstić information content (AvgIpc) is 3.42. The fourth-order valence-corrected chi connectivity index (χ4v) is 3.19. The van der Waals surface area contributed by atoms with Crippen molar-refractivity contribution in [3.63, 3.8) is 0 Å². The predicted molar refractivity (Wildman–Crippen MR) is 120 cm³/mol. The minimum absolute atomic E-state index is 0. The lowest BCUT2D eigenvalue weighted by atomic mass is 10.2. The minimum atomic E-state index is -0.527. The summed E-state index contributed by atoms with van der Waals surface area (Å²) in [7, 11) is 0. The van der Waals surface area contributed by atoms with Crippen molar-refractivity contribution in [1.82, 2.24) is 24.8 Å². The molecule has 1 fully saturated rings. The maximum atomic E-state index is 13.5. The largest absolute Gasteiger partial charge is 0.379 e. The van der Waals surface area contributed by atoms with Gasteiger partial charge in [0.15, 0.2) is 0 Å². The zero-order valence-electron chi connectivity index (χ0n) is 16.7. The number of ether oxygens (including phenoxy) is 1.